The van der Waals surface area contributed by atoms with Gasteiger partial charge in [-0.1, -0.05) is 20.4 Å². The summed E-state index contributed by atoms with van der Waals surface area (Å²) in [6.45, 7) is 9.62. The van der Waals surface area contributed by atoms with E-state index in [9.17, 15) is 0 Å². The van der Waals surface area contributed by atoms with Gasteiger partial charge in [-0.05, 0) is 14.1 Å². The van der Waals surface area contributed by atoms with Gasteiger partial charge in [0.2, 0.25) is 0 Å². The van der Waals surface area contributed by atoms with Crippen LogP contribution in [0.25, 0.3) is 0 Å². The normalized spacial score (nSPS) is 11.7. The number of rotatable bonds is 5. The molecule has 0 aromatic carbocycles. The van der Waals surface area contributed by atoms with Crippen molar-refractivity contribution in [1.82, 2.24) is 4.90 Å². The van der Waals surface area contributed by atoms with E-state index in [1.54, 1.807) is 0 Å². The van der Waals surface area contributed by atoms with Crippen LogP contribution in [0.3, 0.4) is 0 Å². The Bertz CT molecular complexity index is 119. The Balaban J connectivity index is 3.69. The van der Waals surface area contributed by atoms with Gasteiger partial charge in [0.1, 0.15) is 0 Å². The molecule has 0 aromatic heterocycles. The highest BCUT2D eigenvalue weighted by Crippen LogP contribution is 2.15. The number of hydrogen-bond acceptors (Lipinski definition) is 2. The van der Waals surface area contributed by atoms with Crippen molar-refractivity contribution >= 4 is 0 Å². The van der Waals surface area contributed by atoms with E-state index >= 15 is 0 Å². The molecule has 0 fully saturated rings. The molecule has 0 heterocycles. The Labute approximate surface area is 69.8 Å². The Morgan fingerprint density at radius 3 is 2.36 bits per heavy atom. The third-order valence-electron chi connectivity index (χ3n) is 1.34. The first-order valence-corrected chi connectivity index (χ1v) is 3.85. The number of ether oxygens (including phenoxy) is 1. The molecule has 0 saturated heterocycles. The van der Waals surface area contributed by atoms with Crippen LogP contribution in [0.4, 0.5) is 0 Å². The van der Waals surface area contributed by atoms with Gasteiger partial charge in [0.15, 0.2) is 0 Å². The fourth-order valence-corrected chi connectivity index (χ4v) is 1.19. The second-order valence-corrected chi connectivity index (χ2v) is 3.88. The summed E-state index contributed by atoms with van der Waals surface area (Å²) in [7, 11) is 4.13. The van der Waals surface area contributed by atoms with Gasteiger partial charge in [-0.3, -0.25) is 0 Å². The predicted octanol–water partition coefficient (Wildman–Crippen LogP) is 1.73. The molecule has 0 rings (SSSR count). The van der Waals surface area contributed by atoms with Gasteiger partial charge in [-0.15, -0.1) is 0 Å². The highest BCUT2D eigenvalue weighted by atomic mass is 16.5. The number of hydrogen-bond donors (Lipinski definition) is 0. The fraction of sp³-hybridized carbons (Fsp3) is 0.778. The molecule has 0 atom stereocenters. The second kappa shape index (κ2) is 4.39. The fourth-order valence-electron chi connectivity index (χ4n) is 1.19. The van der Waals surface area contributed by atoms with Crippen LogP contribution in [0.15, 0.2) is 12.8 Å². The molecule has 11 heavy (non-hydrogen) atoms. The Hall–Kier alpha value is -0.500. The average Bonchev–Trinajstić information content (AvgIpc) is 1.81. The van der Waals surface area contributed by atoms with Crippen LogP contribution in [0.2, 0.25) is 0 Å². The van der Waals surface area contributed by atoms with Crippen LogP contribution >= 0.6 is 0 Å². The summed E-state index contributed by atoms with van der Waals surface area (Å²) in [6.07, 6.45) is 1.50. The molecule has 0 unspecified atom stereocenters. The van der Waals surface area contributed by atoms with Crippen molar-refractivity contribution in [2.24, 2.45) is 5.41 Å². The molecule has 0 aromatic rings. The zero-order valence-corrected chi connectivity index (χ0v) is 8.05. The first-order chi connectivity index (χ1) is 4.98. The maximum Gasteiger partial charge on any atom is 0.0936 e. The lowest BCUT2D eigenvalue weighted by Gasteiger charge is -2.27. The lowest BCUT2D eigenvalue weighted by atomic mass is 9.94. The molecule has 0 amide bonds. The minimum absolute atomic E-state index is 0.206. The van der Waals surface area contributed by atoms with Crippen LogP contribution in [0, 0.1) is 5.41 Å². The largest absolute Gasteiger partial charge is 0.501 e. The molecular formula is C9H19NO. The van der Waals surface area contributed by atoms with E-state index in [1.165, 1.54) is 6.26 Å². The lowest BCUT2D eigenvalue weighted by molar-refractivity contribution is 0.110. The van der Waals surface area contributed by atoms with Gasteiger partial charge in [-0.25, -0.2) is 0 Å². The molecule has 0 aliphatic carbocycles. The summed E-state index contributed by atoms with van der Waals surface area (Å²) in [5.41, 5.74) is 0.206. The molecule has 0 saturated carbocycles. The molecule has 0 N–H and O–H groups in total. The van der Waals surface area contributed by atoms with Crippen molar-refractivity contribution in [2.45, 2.75) is 13.8 Å². The quantitative estimate of drug-likeness (QED) is 0.564. The van der Waals surface area contributed by atoms with Crippen molar-refractivity contribution in [3.8, 4) is 0 Å². The van der Waals surface area contributed by atoms with E-state index in [0.29, 0.717) is 0 Å². The minimum Gasteiger partial charge on any atom is -0.501 e. The van der Waals surface area contributed by atoms with Crippen LogP contribution in [0.1, 0.15) is 13.8 Å². The first-order valence-electron chi connectivity index (χ1n) is 3.85. The van der Waals surface area contributed by atoms with E-state index in [-0.39, 0.29) is 5.41 Å². The number of nitrogens with zero attached hydrogens (tertiary/aromatic N) is 1. The van der Waals surface area contributed by atoms with Gasteiger partial charge in [0.05, 0.1) is 12.9 Å². The molecule has 0 radical (unpaired) electrons. The van der Waals surface area contributed by atoms with Crippen molar-refractivity contribution in [1.29, 1.82) is 0 Å². The summed E-state index contributed by atoms with van der Waals surface area (Å²) in [5.74, 6) is 0. The Morgan fingerprint density at radius 2 is 2.00 bits per heavy atom. The van der Waals surface area contributed by atoms with E-state index in [0.717, 1.165) is 13.2 Å². The third kappa shape index (κ3) is 5.92. The molecule has 0 bridgehead atoms. The second-order valence-electron chi connectivity index (χ2n) is 3.88. The molecule has 0 spiro atoms. The van der Waals surface area contributed by atoms with Crippen molar-refractivity contribution < 1.29 is 4.74 Å². The molecular weight excluding hydrogens is 138 g/mol. The molecule has 2 nitrogen and oxygen atoms in total. The standard InChI is InChI=1S/C9H19NO/c1-6-11-8-9(2,3)7-10(4)5/h6H,1,7-8H2,2-5H3. The summed E-state index contributed by atoms with van der Waals surface area (Å²) in [5, 5.41) is 0. The lowest BCUT2D eigenvalue weighted by Crippen LogP contribution is -2.31. The van der Waals surface area contributed by atoms with Crippen LogP contribution in [-0.4, -0.2) is 32.1 Å². The monoisotopic (exact) mass is 157 g/mol. The van der Waals surface area contributed by atoms with Crippen LogP contribution in [0.5, 0.6) is 0 Å². The Morgan fingerprint density at radius 1 is 1.45 bits per heavy atom. The Kier molecular flexibility index (Phi) is 4.19. The zero-order valence-electron chi connectivity index (χ0n) is 8.05. The van der Waals surface area contributed by atoms with Crippen LogP contribution < -0.4 is 0 Å². The average molecular weight is 157 g/mol. The topological polar surface area (TPSA) is 12.5 Å². The highest BCUT2D eigenvalue weighted by Gasteiger charge is 2.18. The van der Waals surface area contributed by atoms with Gasteiger partial charge in [0.25, 0.3) is 0 Å². The minimum atomic E-state index is 0.206. The van der Waals surface area contributed by atoms with Gasteiger partial charge < -0.3 is 9.64 Å². The molecule has 0 aliphatic heterocycles. The van der Waals surface area contributed by atoms with E-state index in [4.69, 9.17) is 4.74 Å². The summed E-state index contributed by atoms with van der Waals surface area (Å²) in [6, 6.07) is 0. The molecule has 2 heteroatoms. The summed E-state index contributed by atoms with van der Waals surface area (Å²) >= 11 is 0. The molecule has 0 aliphatic rings. The third-order valence-corrected chi connectivity index (χ3v) is 1.34. The smallest absolute Gasteiger partial charge is 0.0936 e. The van der Waals surface area contributed by atoms with Gasteiger partial charge in [-0.2, -0.15) is 0 Å². The maximum absolute atomic E-state index is 5.14. The van der Waals surface area contributed by atoms with Gasteiger partial charge >= 0.3 is 0 Å². The van der Waals surface area contributed by atoms with Gasteiger partial charge in [0, 0.05) is 12.0 Å². The first kappa shape index (κ1) is 10.5. The predicted molar refractivity (Wildman–Crippen MR) is 48.5 cm³/mol. The van der Waals surface area contributed by atoms with Crippen molar-refractivity contribution in [2.75, 3.05) is 27.2 Å². The maximum atomic E-state index is 5.14. The summed E-state index contributed by atoms with van der Waals surface area (Å²) < 4.78 is 5.14. The summed E-state index contributed by atoms with van der Waals surface area (Å²) in [4.78, 5) is 2.16. The van der Waals surface area contributed by atoms with Crippen molar-refractivity contribution in [3.05, 3.63) is 12.8 Å². The van der Waals surface area contributed by atoms with E-state index in [2.05, 4.69) is 39.4 Å². The SMILES string of the molecule is C=COCC(C)(C)CN(C)C. The zero-order chi connectivity index (χ0) is 8.91. The van der Waals surface area contributed by atoms with Crippen molar-refractivity contribution in [3.63, 3.8) is 0 Å². The van der Waals surface area contributed by atoms with Crippen LogP contribution in [-0.2, 0) is 4.74 Å². The highest BCUT2D eigenvalue weighted by molar-refractivity contribution is 4.71. The van der Waals surface area contributed by atoms with E-state index in [1.807, 2.05) is 0 Å². The van der Waals surface area contributed by atoms with E-state index < -0.39 is 0 Å². The molecule has 66 valence electrons.